The van der Waals surface area contributed by atoms with Crippen LogP contribution in [0.1, 0.15) is 52.4 Å². The molecule has 34 heavy (non-hydrogen) atoms. The van der Waals surface area contributed by atoms with Crippen LogP contribution in [0.4, 0.5) is 9.52 Å². The molecule has 0 amide bonds. The topological polar surface area (TPSA) is 25.4 Å². The quantitative estimate of drug-likeness (QED) is 0.284. The summed E-state index contributed by atoms with van der Waals surface area (Å²) in [5.74, 6) is 4.42. The number of aryl methyl sites for hydroxylation is 3. The van der Waals surface area contributed by atoms with Crippen molar-refractivity contribution in [3.05, 3.63) is 63.5 Å². The second kappa shape index (κ2) is 11.3. The van der Waals surface area contributed by atoms with E-state index in [1.54, 1.807) is 18.4 Å². The summed E-state index contributed by atoms with van der Waals surface area (Å²) in [5, 5.41) is 0.921. The fraction of sp³-hybridized carbons (Fsp3) is 0.393. The molecule has 1 fully saturated rings. The Bertz CT molecular complexity index is 1180. The average Bonchev–Trinajstić information content (AvgIpc) is 3.57. The first-order chi connectivity index (χ1) is 15.9. The van der Waals surface area contributed by atoms with Crippen molar-refractivity contribution in [3.63, 3.8) is 0 Å². The number of hydrogen-bond donors (Lipinski definition) is 0. The number of methoxy groups -OCH3 is 1. The average molecular weight is 499 g/mol. The molecule has 1 aromatic heterocycles. The van der Waals surface area contributed by atoms with Gasteiger partial charge in [-0.05, 0) is 67.5 Å². The maximum Gasteiger partial charge on any atom is 0.187 e. The lowest BCUT2D eigenvalue weighted by Crippen LogP contribution is -2.29. The largest absolute Gasteiger partial charge is 0.496 e. The molecule has 0 bridgehead atoms. The van der Waals surface area contributed by atoms with Gasteiger partial charge in [-0.3, -0.25) is 0 Å². The molecule has 6 heteroatoms. The molecular formula is C28H32ClFN2OS. The summed E-state index contributed by atoms with van der Waals surface area (Å²) in [5.41, 5.74) is 6.14. The normalized spacial score (nSPS) is 13.6. The first-order valence-corrected chi connectivity index (χ1v) is 12.2. The SMILES string of the molecule is C#CCN(c1nc(-c2cc(C)c(OC)cc2C)c(C)s1)[C@@H](CC1CC1)c1cccc(CF)c1.Cl. The van der Waals surface area contributed by atoms with Crippen LogP contribution in [0, 0.1) is 39.0 Å². The van der Waals surface area contributed by atoms with Gasteiger partial charge >= 0.3 is 0 Å². The first kappa shape index (κ1) is 26.1. The first-order valence-electron chi connectivity index (χ1n) is 11.4. The molecule has 1 heterocycles. The van der Waals surface area contributed by atoms with Crippen molar-refractivity contribution in [1.82, 2.24) is 4.98 Å². The number of alkyl halides is 1. The molecular weight excluding hydrogens is 467 g/mol. The molecule has 2 aromatic carbocycles. The summed E-state index contributed by atoms with van der Waals surface area (Å²) in [7, 11) is 1.70. The van der Waals surface area contributed by atoms with Gasteiger partial charge in [0.1, 0.15) is 12.4 Å². The monoisotopic (exact) mass is 498 g/mol. The highest BCUT2D eigenvalue weighted by Crippen LogP contribution is 2.44. The van der Waals surface area contributed by atoms with E-state index in [1.165, 1.54) is 12.8 Å². The number of benzene rings is 2. The molecule has 1 aliphatic carbocycles. The minimum atomic E-state index is -0.463. The van der Waals surface area contributed by atoms with Crippen LogP contribution in [0.3, 0.4) is 0 Å². The van der Waals surface area contributed by atoms with Crippen molar-refractivity contribution in [2.45, 2.75) is 52.8 Å². The van der Waals surface area contributed by atoms with Crippen LogP contribution in [0.15, 0.2) is 36.4 Å². The maximum absolute atomic E-state index is 13.4. The number of thiazole rings is 1. The molecule has 3 nitrogen and oxygen atoms in total. The molecule has 0 radical (unpaired) electrons. The zero-order valence-electron chi connectivity index (χ0n) is 20.2. The molecule has 180 valence electrons. The van der Waals surface area contributed by atoms with Crippen LogP contribution in [0.25, 0.3) is 11.3 Å². The summed E-state index contributed by atoms with van der Waals surface area (Å²) in [4.78, 5) is 8.50. The second-order valence-corrected chi connectivity index (χ2v) is 10.1. The van der Waals surface area contributed by atoms with E-state index in [9.17, 15) is 4.39 Å². The number of nitrogens with zero attached hydrogens (tertiary/aromatic N) is 2. The molecule has 4 rings (SSSR count). The van der Waals surface area contributed by atoms with Crippen LogP contribution in [-0.4, -0.2) is 18.6 Å². The Morgan fingerprint density at radius 1 is 1.21 bits per heavy atom. The van der Waals surface area contributed by atoms with E-state index in [-0.39, 0.29) is 18.4 Å². The molecule has 0 spiro atoms. The minimum absolute atomic E-state index is 0. The van der Waals surface area contributed by atoms with Crippen molar-refractivity contribution in [1.29, 1.82) is 0 Å². The molecule has 0 aliphatic heterocycles. The van der Waals surface area contributed by atoms with Crippen LogP contribution in [-0.2, 0) is 6.67 Å². The summed E-state index contributed by atoms with van der Waals surface area (Å²) in [6.07, 6.45) is 9.33. The Balaban J connectivity index is 0.00000324. The Morgan fingerprint density at radius 3 is 2.62 bits per heavy atom. The van der Waals surface area contributed by atoms with E-state index < -0.39 is 6.67 Å². The van der Waals surface area contributed by atoms with Crippen molar-refractivity contribution in [2.75, 3.05) is 18.6 Å². The second-order valence-electron chi connectivity index (χ2n) is 8.94. The summed E-state index contributed by atoms with van der Waals surface area (Å²) in [6.45, 7) is 6.26. The fourth-order valence-electron chi connectivity index (χ4n) is 4.43. The van der Waals surface area contributed by atoms with E-state index in [0.717, 1.165) is 50.1 Å². The van der Waals surface area contributed by atoms with Gasteiger partial charge in [-0.15, -0.1) is 30.2 Å². The van der Waals surface area contributed by atoms with Gasteiger partial charge in [-0.25, -0.2) is 9.37 Å². The van der Waals surface area contributed by atoms with E-state index in [1.807, 2.05) is 18.2 Å². The number of terminal acetylenes is 1. The summed E-state index contributed by atoms with van der Waals surface area (Å²) >= 11 is 1.68. The zero-order chi connectivity index (χ0) is 23.5. The standard InChI is InChI=1S/C28H31FN2OS.ClH/c1-6-12-31(25(16-21-10-11-21)23-9-7-8-22(15-23)17-29)28-30-27(20(4)33-28)24-13-19(3)26(32-5)14-18(24)2;/h1,7-9,13-15,21,25H,10-12,16-17H2,2-5H3;1H/t25-;/m0./s1. The Morgan fingerprint density at radius 2 is 1.97 bits per heavy atom. The third-order valence-electron chi connectivity index (χ3n) is 6.41. The lowest BCUT2D eigenvalue weighted by atomic mass is 9.98. The lowest BCUT2D eigenvalue weighted by molar-refractivity contribution is 0.411. The predicted molar refractivity (Wildman–Crippen MR) is 143 cm³/mol. The molecule has 0 saturated heterocycles. The van der Waals surface area contributed by atoms with E-state index in [4.69, 9.17) is 16.1 Å². The van der Waals surface area contributed by atoms with Gasteiger partial charge in [0.05, 0.1) is 25.4 Å². The van der Waals surface area contributed by atoms with Gasteiger partial charge in [0, 0.05) is 10.4 Å². The van der Waals surface area contributed by atoms with Gasteiger partial charge in [-0.1, -0.05) is 43.0 Å². The third-order valence-corrected chi connectivity index (χ3v) is 7.42. The molecule has 1 atom stereocenters. The number of hydrogen-bond acceptors (Lipinski definition) is 4. The van der Waals surface area contributed by atoms with Crippen LogP contribution in [0.2, 0.25) is 0 Å². The van der Waals surface area contributed by atoms with Gasteiger partial charge in [0.25, 0.3) is 0 Å². The van der Waals surface area contributed by atoms with Crippen LogP contribution in [0.5, 0.6) is 5.75 Å². The number of halogens is 2. The van der Waals surface area contributed by atoms with Crippen molar-refractivity contribution in [3.8, 4) is 29.4 Å². The van der Waals surface area contributed by atoms with E-state index >= 15 is 0 Å². The number of anilines is 1. The fourth-order valence-corrected chi connectivity index (χ4v) is 5.40. The van der Waals surface area contributed by atoms with E-state index in [2.05, 4.69) is 49.8 Å². The van der Waals surface area contributed by atoms with E-state index in [0.29, 0.717) is 18.0 Å². The van der Waals surface area contributed by atoms with Gasteiger partial charge in [0.2, 0.25) is 0 Å². The van der Waals surface area contributed by atoms with Gasteiger partial charge in [0.15, 0.2) is 5.13 Å². The number of rotatable bonds is 9. The zero-order valence-corrected chi connectivity index (χ0v) is 21.9. The Kier molecular flexibility index (Phi) is 8.62. The van der Waals surface area contributed by atoms with Crippen molar-refractivity contribution >= 4 is 28.9 Å². The van der Waals surface area contributed by atoms with Gasteiger partial charge in [-0.2, -0.15) is 0 Å². The molecule has 1 aliphatic rings. The van der Waals surface area contributed by atoms with Crippen LogP contribution < -0.4 is 9.64 Å². The smallest absolute Gasteiger partial charge is 0.187 e. The minimum Gasteiger partial charge on any atom is -0.496 e. The molecule has 1 saturated carbocycles. The highest BCUT2D eigenvalue weighted by atomic mass is 35.5. The maximum atomic E-state index is 13.4. The molecule has 3 aromatic rings. The summed E-state index contributed by atoms with van der Waals surface area (Å²) < 4.78 is 18.9. The van der Waals surface area contributed by atoms with Gasteiger partial charge < -0.3 is 9.64 Å². The molecule has 0 unspecified atom stereocenters. The van der Waals surface area contributed by atoms with Crippen molar-refractivity contribution < 1.29 is 9.13 Å². The number of aromatic nitrogens is 1. The predicted octanol–water partition coefficient (Wildman–Crippen LogP) is 7.62. The number of ether oxygens (including phenoxy) is 1. The summed E-state index contributed by atoms with van der Waals surface area (Å²) in [6, 6.07) is 12.2. The van der Waals surface area contributed by atoms with Crippen LogP contribution >= 0.6 is 23.7 Å². The Hall–Kier alpha value is -2.55. The van der Waals surface area contributed by atoms with Crippen molar-refractivity contribution in [2.24, 2.45) is 5.92 Å². The third kappa shape index (κ3) is 5.56. The Labute approximate surface area is 212 Å². The lowest BCUT2D eigenvalue weighted by Gasteiger charge is -2.31. The highest BCUT2D eigenvalue weighted by Gasteiger charge is 2.31. The molecule has 0 N–H and O–H groups in total. The highest BCUT2D eigenvalue weighted by molar-refractivity contribution is 7.16.